The smallest absolute Gasteiger partial charge is 0.0408 e. The number of hydrogen-bond donors (Lipinski definition) is 1. The van der Waals surface area contributed by atoms with Gasteiger partial charge in [0.15, 0.2) is 0 Å². The third-order valence-electron chi connectivity index (χ3n) is 4.16. The van der Waals surface area contributed by atoms with Gasteiger partial charge in [-0.1, -0.05) is 30.7 Å². The molecule has 1 saturated heterocycles. The van der Waals surface area contributed by atoms with Crippen molar-refractivity contribution in [2.45, 2.75) is 31.6 Å². The van der Waals surface area contributed by atoms with E-state index in [2.05, 4.69) is 42.6 Å². The van der Waals surface area contributed by atoms with E-state index < -0.39 is 0 Å². The number of hydrogen-bond acceptors (Lipinski definition) is 2. The minimum atomic E-state index is 0.533. The molecule has 0 saturated carbocycles. The molecule has 2 heterocycles. The molecule has 1 aromatic heterocycles. The van der Waals surface area contributed by atoms with Crippen LogP contribution in [0.2, 0.25) is 5.02 Å². The van der Waals surface area contributed by atoms with Crippen LogP contribution in [0.15, 0.2) is 36.4 Å². The first kappa shape index (κ1) is 14.1. The van der Waals surface area contributed by atoms with Gasteiger partial charge in [0, 0.05) is 33.2 Å². The Hall–Kier alpha value is -0.830. The maximum atomic E-state index is 6.17. The topological polar surface area (TPSA) is 12.0 Å². The Kier molecular flexibility index (Phi) is 4.45. The first-order valence-corrected chi connectivity index (χ1v) is 8.52. The van der Waals surface area contributed by atoms with Crippen molar-refractivity contribution in [3.05, 3.63) is 56.7 Å². The molecule has 106 valence electrons. The fourth-order valence-corrected chi connectivity index (χ4v) is 4.42. The Morgan fingerprint density at radius 1 is 1.25 bits per heavy atom. The van der Waals surface area contributed by atoms with Crippen LogP contribution in [0, 0.1) is 0 Å². The van der Waals surface area contributed by atoms with Crippen LogP contribution in [0.4, 0.5) is 0 Å². The highest BCUT2D eigenvalue weighted by atomic mass is 35.5. The van der Waals surface area contributed by atoms with Crippen molar-refractivity contribution in [3.8, 4) is 0 Å². The number of benzene rings is 1. The molecule has 1 nitrogen and oxygen atoms in total. The minimum absolute atomic E-state index is 0.533. The molecule has 1 fully saturated rings. The summed E-state index contributed by atoms with van der Waals surface area (Å²) in [6, 6.07) is 13.0. The first-order valence-electron chi connectivity index (χ1n) is 7.32. The largest absolute Gasteiger partial charge is 0.316 e. The van der Waals surface area contributed by atoms with Crippen molar-refractivity contribution in [2.24, 2.45) is 0 Å². The summed E-state index contributed by atoms with van der Waals surface area (Å²) in [6.07, 6.45) is 2.35. The number of thiophene rings is 1. The molecule has 3 heteroatoms. The summed E-state index contributed by atoms with van der Waals surface area (Å²) in [4.78, 5) is 3.02. The highest BCUT2D eigenvalue weighted by molar-refractivity contribution is 7.12. The van der Waals surface area contributed by atoms with Crippen LogP contribution >= 0.6 is 22.9 Å². The molecular formula is C17H20ClNS. The number of nitrogens with one attached hydrogen (secondary N) is 1. The number of rotatable bonds is 3. The van der Waals surface area contributed by atoms with Crippen molar-refractivity contribution < 1.29 is 0 Å². The lowest BCUT2D eigenvalue weighted by Gasteiger charge is -2.32. The van der Waals surface area contributed by atoms with E-state index in [0.29, 0.717) is 11.8 Å². The molecule has 2 unspecified atom stereocenters. The third kappa shape index (κ3) is 2.93. The average molecular weight is 306 g/mol. The third-order valence-corrected chi connectivity index (χ3v) is 5.75. The van der Waals surface area contributed by atoms with Crippen LogP contribution < -0.4 is 5.32 Å². The van der Waals surface area contributed by atoms with Gasteiger partial charge < -0.3 is 5.32 Å². The van der Waals surface area contributed by atoms with Gasteiger partial charge in [-0.3, -0.25) is 0 Å². The van der Waals surface area contributed by atoms with Crippen molar-refractivity contribution >= 4 is 22.9 Å². The van der Waals surface area contributed by atoms with E-state index in [1.807, 2.05) is 17.4 Å². The second kappa shape index (κ2) is 6.30. The maximum absolute atomic E-state index is 6.17. The van der Waals surface area contributed by atoms with Gasteiger partial charge in [-0.05, 0) is 49.2 Å². The number of aryl methyl sites for hydroxylation is 1. The second-order valence-electron chi connectivity index (χ2n) is 5.42. The Balaban J connectivity index is 1.90. The van der Waals surface area contributed by atoms with E-state index in [4.69, 9.17) is 11.6 Å². The Bertz CT molecular complexity index is 578. The normalized spacial score (nSPS) is 22.9. The molecule has 1 N–H and O–H groups in total. The zero-order valence-corrected chi connectivity index (χ0v) is 13.3. The molecular weight excluding hydrogens is 286 g/mol. The van der Waals surface area contributed by atoms with Crippen LogP contribution in [0.1, 0.15) is 40.5 Å². The van der Waals surface area contributed by atoms with E-state index in [1.165, 1.54) is 21.7 Å². The lowest BCUT2D eigenvalue weighted by atomic mass is 9.80. The average Bonchev–Trinajstić information content (AvgIpc) is 2.96. The van der Waals surface area contributed by atoms with E-state index in [1.54, 1.807) is 0 Å². The number of piperidine rings is 1. The molecule has 1 aliphatic rings. The summed E-state index contributed by atoms with van der Waals surface area (Å²) in [5.41, 5.74) is 1.36. The molecule has 0 spiro atoms. The lowest BCUT2D eigenvalue weighted by molar-refractivity contribution is 0.408. The van der Waals surface area contributed by atoms with Crippen LogP contribution in [0.5, 0.6) is 0 Å². The Morgan fingerprint density at radius 3 is 2.90 bits per heavy atom. The van der Waals surface area contributed by atoms with E-state index >= 15 is 0 Å². The highest BCUT2D eigenvalue weighted by Gasteiger charge is 2.28. The van der Waals surface area contributed by atoms with Crippen LogP contribution in [0.25, 0.3) is 0 Å². The highest BCUT2D eigenvalue weighted by Crippen LogP contribution is 2.40. The van der Waals surface area contributed by atoms with Gasteiger partial charge in [-0.2, -0.15) is 0 Å². The van der Waals surface area contributed by atoms with Crippen molar-refractivity contribution in [2.75, 3.05) is 13.1 Å². The monoisotopic (exact) mass is 305 g/mol. The molecule has 2 atom stereocenters. The van der Waals surface area contributed by atoms with Gasteiger partial charge in [0.05, 0.1) is 0 Å². The fraction of sp³-hybridized carbons (Fsp3) is 0.412. The van der Waals surface area contributed by atoms with Crippen molar-refractivity contribution in [3.63, 3.8) is 0 Å². The molecule has 1 aliphatic heterocycles. The predicted octanol–water partition coefficient (Wildman–Crippen LogP) is 4.82. The summed E-state index contributed by atoms with van der Waals surface area (Å²) in [7, 11) is 0. The lowest BCUT2D eigenvalue weighted by Crippen LogP contribution is -2.33. The zero-order valence-electron chi connectivity index (χ0n) is 11.7. The van der Waals surface area contributed by atoms with E-state index in [9.17, 15) is 0 Å². The van der Waals surface area contributed by atoms with Gasteiger partial charge in [0.2, 0.25) is 0 Å². The second-order valence-corrected chi connectivity index (χ2v) is 7.05. The van der Waals surface area contributed by atoms with Crippen molar-refractivity contribution in [1.29, 1.82) is 0 Å². The van der Waals surface area contributed by atoms with Crippen LogP contribution in [0.3, 0.4) is 0 Å². The first-order chi connectivity index (χ1) is 9.78. The predicted molar refractivity (Wildman–Crippen MR) is 88.1 cm³/mol. The van der Waals surface area contributed by atoms with Crippen LogP contribution in [-0.2, 0) is 6.42 Å². The summed E-state index contributed by atoms with van der Waals surface area (Å²) in [5.74, 6) is 1.16. The summed E-state index contributed by atoms with van der Waals surface area (Å²) < 4.78 is 0. The summed E-state index contributed by atoms with van der Waals surface area (Å²) in [6.45, 7) is 4.39. The quantitative estimate of drug-likeness (QED) is 0.857. The molecule has 1 aromatic carbocycles. The summed E-state index contributed by atoms with van der Waals surface area (Å²) in [5, 5.41) is 4.37. The fourth-order valence-electron chi connectivity index (χ4n) is 3.07. The zero-order chi connectivity index (χ0) is 13.9. The van der Waals surface area contributed by atoms with E-state index in [0.717, 1.165) is 24.5 Å². The Morgan fingerprint density at radius 2 is 2.15 bits per heavy atom. The maximum Gasteiger partial charge on any atom is 0.0408 e. The van der Waals surface area contributed by atoms with E-state index in [-0.39, 0.29) is 0 Å². The molecule has 20 heavy (non-hydrogen) atoms. The standard InChI is InChI=1S/C17H20ClNS/c1-2-14-6-7-17(20-14)15-8-9-19-11-16(15)12-4-3-5-13(18)10-12/h3-7,10,15-16,19H,2,8-9,11H2,1H3. The van der Waals surface area contributed by atoms with Gasteiger partial charge >= 0.3 is 0 Å². The SMILES string of the molecule is CCc1ccc(C2CCNCC2c2cccc(Cl)c2)s1. The van der Waals surface area contributed by atoms with Gasteiger partial charge in [-0.25, -0.2) is 0 Å². The Labute approximate surface area is 130 Å². The molecule has 0 amide bonds. The summed E-state index contributed by atoms with van der Waals surface area (Å²) >= 11 is 8.15. The van der Waals surface area contributed by atoms with Gasteiger partial charge in [-0.15, -0.1) is 11.3 Å². The molecule has 0 radical (unpaired) electrons. The molecule has 0 bridgehead atoms. The van der Waals surface area contributed by atoms with Crippen LogP contribution in [-0.4, -0.2) is 13.1 Å². The minimum Gasteiger partial charge on any atom is -0.316 e. The molecule has 2 aromatic rings. The molecule has 3 rings (SSSR count). The van der Waals surface area contributed by atoms with Gasteiger partial charge in [0.1, 0.15) is 0 Å². The number of halogens is 1. The molecule has 0 aliphatic carbocycles. The van der Waals surface area contributed by atoms with Crippen molar-refractivity contribution in [1.82, 2.24) is 5.32 Å². The van der Waals surface area contributed by atoms with Gasteiger partial charge in [0.25, 0.3) is 0 Å².